The molecule has 0 radical (unpaired) electrons. The zero-order valence-corrected chi connectivity index (χ0v) is 15.6. The molecule has 2 aromatic rings. The zero-order chi connectivity index (χ0) is 17.9. The number of nitrogens with zero attached hydrogens (tertiary/aromatic N) is 6. The lowest BCUT2D eigenvalue weighted by Crippen LogP contribution is -2.37. The minimum Gasteiger partial charge on any atom is -0.378 e. The fourth-order valence-electron chi connectivity index (χ4n) is 3.69. The summed E-state index contributed by atoms with van der Waals surface area (Å²) in [6.45, 7) is 8.34. The average Bonchev–Trinajstić information content (AvgIpc) is 3.22. The number of rotatable bonds is 5. The molecule has 8 nitrogen and oxygen atoms in total. The van der Waals surface area contributed by atoms with Gasteiger partial charge in [0.05, 0.1) is 18.9 Å². The van der Waals surface area contributed by atoms with Gasteiger partial charge >= 0.3 is 0 Å². The third kappa shape index (κ3) is 3.96. The summed E-state index contributed by atoms with van der Waals surface area (Å²) in [5.41, 5.74) is 2.43. The van der Waals surface area contributed by atoms with Gasteiger partial charge in [0.25, 0.3) is 0 Å². The summed E-state index contributed by atoms with van der Waals surface area (Å²) in [5.74, 6) is 1.70. The van der Waals surface area contributed by atoms with Gasteiger partial charge in [-0.1, -0.05) is 0 Å². The van der Waals surface area contributed by atoms with Gasteiger partial charge in [0.15, 0.2) is 0 Å². The molecule has 140 valence electrons. The van der Waals surface area contributed by atoms with E-state index in [2.05, 4.69) is 38.3 Å². The van der Waals surface area contributed by atoms with Crippen molar-refractivity contribution in [2.45, 2.75) is 25.9 Å². The monoisotopic (exact) mass is 357 g/mol. The van der Waals surface area contributed by atoms with Crippen LogP contribution >= 0.6 is 0 Å². The van der Waals surface area contributed by atoms with Crippen LogP contribution in [-0.4, -0.2) is 70.1 Å². The number of ether oxygens (including phenoxy) is 1. The van der Waals surface area contributed by atoms with Crippen molar-refractivity contribution in [1.82, 2.24) is 24.6 Å². The topological polar surface area (TPSA) is 71.3 Å². The van der Waals surface area contributed by atoms with Crippen LogP contribution in [0.2, 0.25) is 0 Å². The van der Waals surface area contributed by atoms with E-state index in [9.17, 15) is 0 Å². The molecule has 0 bridgehead atoms. The molecule has 2 aliphatic heterocycles. The smallest absolute Gasteiger partial charge is 0.227 e. The number of aryl methyl sites for hydroxylation is 2. The standard InChI is InChI=1S/C18H27N7O/c1-14-15(11-23(2)22-14)12-24-6-4-16(13-24)20-17-3-5-19-18(21-17)25-7-9-26-10-8-25/h3,5,11,16H,4,6-10,12-13H2,1-2H3,(H,19,20,21). The Kier molecular flexibility index (Phi) is 5.03. The van der Waals surface area contributed by atoms with Crippen molar-refractivity contribution in [3.63, 3.8) is 0 Å². The highest BCUT2D eigenvalue weighted by Gasteiger charge is 2.24. The van der Waals surface area contributed by atoms with Crippen LogP contribution in [0.15, 0.2) is 18.5 Å². The van der Waals surface area contributed by atoms with Gasteiger partial charge in [-0.2, -0.15) is 10.1 Å². The Morgan fingerprint density at radius 1 is 1.27 bits per heavy atom. The lowest BCUT2D eigenvalue weighted by Gasteiger charge is -2.27. The predicted molar refractivity (Wildman–Crippen MR) is 100 cm³/mol. The van der Waals surface area contributed by atoms with E-state index in [0.29, 0.717) is 6.04 Å². The Morgan fingerprint density at radius 3 is 2.88 bits per heavy atom. The van der Waals surface area contributed by atoms with Crippen LogP contribution < -0.4 is 10.2 Å². The van der Waals surface area contributed by atoms with E-state index in [1.54, 1.807) is 0 Å². The van der Waals surface area contributed by atoms with Crippen LogP contribution in [0.4, 0.5) is 11.8 Å². The van der Waals surface area contributed by atoms with E-state index in [1.165, 1.54) is 5.56 Å². The predicted octanol–water partition coefficient (Wildman–Crippen LogP) is 1.04. The van der Waals surface area contributed by atoms with Crippen LogP contribution in [0.25, 0.3) is 0 Å². The van der Waals surface area contributed by atoms with Crippen molar-refractivity contribution in [2.75, 3.05) is 49.6 Å². The van der Waals surface area contributed by atoms with Crippen LogP contribution in [-0.2, 0) is 18.3 Å². The van der Waals surface area contributed by atoms with Gasteiger partial charge in [0.1, 0.15) is 5.82 Å². The fourth-order valence-corrected chi connectivity index (χ4v) is 3.69. The van der Waals surface area contributed by atoms with Gasteiger partial charge in [0.2, 0.25) is 5.95 Å². The lowest BCUT2D eigenvalue weighted by atomic mass is 10.2. The van der Waals surface area contributed by atoms with Crippen molar-refractivity contribution < 1.29 is 4.74 Å². The van der Waals surface area contributed by atoms with E-state index < -0.39 is 0 Å². The number of anilines is 2. The van der Waals surface area contributed by atoms with Gasteiger partial charge in [-0.25, -0.2) is 4.98 Å². The molecule has 0 spiro atoms. The number of morpholine rings is 1. The first kappa shape index (κ1) is 17.2. The quantitative estimate of drug-likeness (QED) is 0.857. The maximum atomic E-state index is 5.41. The van der Waals surface area contributed by atoms with Crippen molar-refractivity contribution in [2.24, 2.45) is 7.05 Å². The lowest BCUT2D eigenvalue weighted by molar-refractivity contribution is 0.122. The SMILES string of the molecule is Cc1nn(C)cc1CN1CCC(Nc2ccnc(N3CCOCC3)n2)C1. The van der Waals surface area contributed by atoms with Crippen molar-refractivity contribution >= 4 is 11.8 Å². The molecular weight excluding hydrogens is 330 g/mol. The molecule has 2 fully saturated rings. The largest absolute Gasteiger partial charge is 0.378 e. The number of hydrogen-bond acceptors (Lipinski definition) is 7. The maximum absolute atomic E-state index is 5.41. The van der Waals surface area contributed by atoms with Gasteiger partial charge < -0.3 is 15.0 Å². The molecule has 4 rings (SSSR count). The molecule has 8 heteroatoms. The molecule has 0 aliphatic carbocycles. The Morgan fingerprint density at radius 2 is 2.12 bits per heavy atom. The third-order valence-electron chi connectivity index (χ3n) is 5.07. The average molecular weight is 357 g/mol. The highest BCUT2D eigenvalue weighted by molar-refractivity contribution is 5.42. The number of nitrogens with one attached hydrogen (secondary N) is 1. The summed E-state index contributed by atoms with van der Waals surface area (Å²) < 4.78 is 7.30. The molecular formula is C18H27N7O. The van der Waals surface area contributed by atoms with Crippen molar-refractivity contribution in [3.05, 3.63) is 29.7 Å². The zero-order valence-electron chi connectivity index (χ0n) is 15.6. The molecule has 0 amide bonds. The number of hydrogen-bond donors (Lipinski definition) is 1. The summed E-state index contributed by atoms with van der Waals surface area (Å²) >= 11 is 0. The molecule has 2 saturated heterocycles. The van der Waals surface area contributed by atoms with Gasteiger partial charge in [-0.15, -0.1) is 0 Å². The van der Waals surface area contributed by atoms with E-state index in [4.69, 9.17) is 9.72 Å². The maximum Gasteiger partial charge on any atom is 0.227 e. The van der Waals surface area contributed by atoms with Crippen LogP contribution in [0.3, 0.4) is 0 Å². The molecule has 2 aromatic heterocycles. The molecule has 2 aliphatic rings. The Labute approximate surface area is 154 Å². The molecule has 4 heterocycles. The van der Waals surface area contributed by atoms with Crippen molar-refractivity contribution in [3.8, 4) is 0 Å². The van der Waals surface area contributed by atoms with Gasteiger partial charge in [-0.05, 0) is 19.4 Å². The fraction of sp³-hybridized carbons (Fsp3) is 0.611. The van der Waals surface area contributed by atoms with Crippen LogP contribution in [0.1, 0.15) is 17.7 Å². The minimum atomic E-state index is 0.416. The normalized spacial score (nSPS) is 21.3. The minimum absolute atomic E-state index is 0.416. The Balaban J connectivity index is 1.34. The van der Waals surface area contributed by atoms with Crippen LogP contribution in [0.5, 0.6) is 0 Å². The Hall–Kier alpha value is -2.19. The Bertz CT molecular complexity index is 741. The highest BCUT2D eigenvalue weighted by Crippen LogP contribution is 2.19. The first-order chi connectivity index (χ1) is 12.7. The molecule has 1 unspecified atom stereocenters. The highest BCUT2D eigenvalue weighted by atomic mass is 16.5. The second-order valence-corrected chi connectivity index (χ2v) is 7.12. The van der Waals surface area contributed by atoms with Gasteiger partial charge in [0, 0.05) is 63.8 Å². The van der Waals surface area contributed by atoms with Crippen molar-refractivity contribution in [1.29, 1.82) is 0 Å². The summed E-state index contributed by atoms with van der Waals surface area (Å²) in [4.78, 5) is 13.8. The molecule has 0 saturated carbocycles. The van der Waals surface area contributed by atoms with E-state index in [-0.39, 0.29) is 0 Å². The second kappa shape index (κ2) is 7.59. The van der Waals surface area contributed by atoms with E-state index in [0.717, 1.165) is 69.8 Å². The summed E-state index contributed by atoms with van der Waals surface area (Å²) in [5, 5.41) is 8.02. The number of aromatic nitrogens is 4. The molecule has 0 aromatic carbocycles. The third-order valence-corrected chi connectivity index (χ3v) is 5.07. The summed E-state index contributed by atoms with van der Waals surface area (Å²) in [6, 6.07) is 2.37. The number of likely N-dealkylation sites (tertiary alicyclic amines) is 1. The molecule has 1 atom stereocenters. The van der Waals surface area contributed by atoms with E-state index >= 15 is 0 Å². The van der Waals surface area contributed by atoms with Crippen LogP contribution in [0, 0.1) is 6.92 Å². The second-order valence-electron chi connectivity index (χ2n) is 7.12. The summed E-state index contributed by atoms with van der Waals surface area (Å²) in [7, 11) is 1.98. The van der Waals surface area contributed by atoms with E-state index in [1.807, 2.05) is 24.0 Å². The first-order valence-electron chi connectivity index (χ1n) is 9.31. The molecule has 1 N–H and O–H groups in total. The molecule has 26 heavy (non-hydrogen) atoms. The van der Waals surface area contributed by atoms with Gasteiger partial charge in [-0.3, -0.25) is 9.58 Å². The summed E-state index contributed by atoms with van der Waals surface area (Å²) in [6.07, 6.45) is 5.08. The first-order valence-corrected chi connectivity index (χ1v) is 9.31.